The van der Waals surface area contributed by atoms with Crippen LogP contribution in [0.2, 0.25) is 0 Å². The lowest BCUT2D eigenvalue weighted by Gasteiger charge is -2.24. The zero-order valence-electron chi connectivity index (χ0n) is 20.1. The second-order valence-electron chi connectivity index (χ2n) is 8.96. The van der Waals surface area contributed by atoms with Crippen molar-refractivity contribution in [2.24, 2.45) is 17.6 Å². The standard InChI is InChI=1S/C26H44N4/c1-6-10-12-20(8-3)16-22-15-14-19(5)25(26-24(18-27)28-30-29-26)23(22)17-21(9-4)13-11-7-2/h14-15,20-21H,6-13,16-18,27H2,1-5H3,(H,28,29,30). The first-order valence-corrected chi connectivity index (χ1v) is 12.3. The summed E-state index contributed by atoms with van der Waals surface area (Å²) < 4.78 is 0. The number of nitrogens with one attached hydrogen (secondary N) is 1. The average molecular weight is 413 g/mol. The van der Waals surface area contributed by atoms with Gasteiger partial charge in [0.1, 0.15) is 11.4 Å². The maximum absolute atomic E-state index is 6.00. The van der Waals surface area contributed by atoms with Crippen LogP contribution in [0.15, 0.2) is 12.1 Å². The van der Waals surface area contributed by atoms with Crippen LogP contribution >= 0.6 is 0 Å². The van der Waals surface area contributed by atoms with Crippen LogP contribution in [0.4, 0.5) is 0 Å². The van der Waals surface area contributed by atoms with Gasteiger partial charge in [-0.05, 0) is 48.3 Å². The van der Waals surface area contributed by atoms with Crippen LogP contribution in [-0.2, 0) is 19.4 Å². The van der Waals surface area contributed by atoms with Crippen LogP contribution in [0.25, 0.3) is 11.3 Å². The Morgan fingerprint density at radius 1 is 0.900 bits per heavy atom. The minimum Gasteiger partial charge on any atom is -0.325 e. The summed E-state index contributed by atoms with van der Waals surface area (Å²) in [5, 5.41) is 11.7. The number of aromatic amines is 1. The van der Waals surface area contributed by atoms with Gasteiger partial charge in [0.15, 0.2) is 0 Å². The Balaban J connectivity index is 2.51. The highest BCUT2D eigenvalue weighted by atomic mass is 15.3. The highest BCUT2D eigenvalue weighted by Gasteiger charge is 2.22. The molecular weight excluding hydrogens is 368 g/mol. The Kier molecular flexibility index (Phi) is 10.6. The van der Waals surface area contributed by atoms with E-state index in [2.05, 4.69) is 62.2 Å². The van der Waals surface area contributed by atoms with Crippen molar-refractivity contribution in [1.29, 1.82) is 0 Å². The number of hydrogen-bond acceptors (Lipinski definition) is 3. The molecule has 4 heteroatoms. The van der Waals surface area contributed by atoms with Gasteiger partial charge in [-0.3, -0.25) is 0 Å². The van der Waals surface area contributed by atoms with E-state index in [0.29, 0.717) is 12.5 Å². The SMILES string of the molecule is CCCCC(CC)Cc1ccc(C)c(-c2n[nH]nc2CN)c1CC(CC)CCCC. The maximum atomic E-state index is 6.00. The molecule has 0 aliphatic heterocycles. The quantitative estimate of drug-likeness (QED) is 0.360. The predicted molar refractivity (Wildman–Crippen MR) is 128 cm³/mol. The van der Waals surface area contributed by atoms with Crippen LogP contribution in [0.1, 0.15) is 101 Å². The van der Waals surface area contributed by atoms with Crippen LogP contribution in [0, 0.1) is 18.8 Å². The number of benzene rings is 1. The minimum absolute atomic E-state index is 0.413. The minimum atomic E-state index is 0.413. The number of nitrogens with zero attached hydrogens (tertiary/aromatic N) is 2. The zero-order chi connectivity index (χ0) is 21.9. The number of aryl methyl sites for hydroxylation is 1. The molecule has 2 aromatic rings. The molecule has 0 aliphatic rings. The highest BCUT2D eigenvalue weighted by molar-refractivity contribution is 5.71. The first-order chi connectivity index (χ1) is 14.6. The second-order valence-corrected chi connectivity index (χ2v) is 8.96. The Morgan fingerprint density at radius 3 is 2.10 bits per heavy atom. The molecule has 1 aromatic carbocycles. The van der Waals surface area contributed by atoms with Gasteiger partial charge in [-0.1, -0.05) is 91.2 Å². The molecule has 0 saturated carbocycles. The monoisotopic (exact) mass is 412 g/mol. The number of aromatic nitrogens is 3. The molecule has 1 heterocycles. The van der Waals surface area contributed by atoms with E-state index < -0.39 is 0 Å². The van der Waals surface area contributed by atoms with E-state index in [1.54, 1.807) is 0 Å². The van der Waals surface area contributed by atoms with Crippen molar-refractivity contribution in [2.45, 2.75) is 105 Å². The number of hydrogen-bond donors (Lipinski definition) is 2. The van der Waals surface area contributed by atoms with Crippen molar-refractivity contribution in [1.82, 2.24) is 15.4 Å². The molecule has 30 heavy (non-hydrogen) atoms. The maximum Gasteiger partial charge on any atom is 0.117 e. The number of nitrogens with two attached hydrogens (primary N) is 1. The summed E-state index contributed by atoms with van der Waals surface area (Å²) in [6.07, 6.45) is 12.5. The van der Waals surface area contributed by atoms with E-state index in [1.165, 1.54) is 80.0 Å². The lowest BCUT2D eigenvalue weighted by atomic mass is 9.81. The Bertz CT molecular complexity index is 749. The molecule has 3 N–H and O–H groups in total. The Hall–Kier alpha value is -1.68. The van der Waals surface area contributed by atoms with Gasteiger partial charge in [0.25, 0.3) is 0 Å². The van der Waals surface area contributed by atoms with Crippen molar-refractivity contribution in [3.63, 3.8) is 0 Å². The molecule has 0 saturated heterocycles. The smallest absolute Gasteiger partial charge is 0.117 e. The Labute approximate surface area is 184 Å². The first-order valence-electron chi connectivity index (χ1n) is 12.3. The number of H-pyrrole nitrogens is 1. The summed E-state index contributed by atoms with van der Waals surface area (Å²) in [4.78, 5) is 0. The normalized spacial score (nSPS) is 13.5. The molecule has 0 aliphatic carbocycles. The van der Waals surface area contributed by atoms with E-state index in [0.717, 1.165) is 23.7 Å². The molecule has 2 unspecified atom stereocenters. The molecule has 2 atom stereocenters. The highest BCUT2D eigenvalue weighted by Crippen LogP contribution is 2.35. The summed E-state index contributed by atoms with van der Waals surface area (Å²) in [5.41, 5.74) is 13.4. The topological polar surface area (TPSA) is 67.6 Å². The third-order valence-electron chi connectivity index (χ3n) is 6.76. The van der Waals surface area contributed by atoms with Crippen molar-refractivity contribution < 1.29 is 0 Å². The Morgan fingerprint density at radius 2 is 1.53 bits per heavy atom. The van der Waals surface area contributed by atoms with Gasteiger partial charge in [-0.15, -0.1) is 0 Å². The fraction of sp³-hybridized carbons (Fsp3) is 0.692. The molecule has 4 nitrogen and oxygen atoms in total. The third-order valence-corrected chi connectivity index (χ3v) is 6.76. The predicted octanol–water partition coefficient (Wildman–Crippen LogP) is 6.76. The molecule has 168 valence electrons. The van der Waals surface area contributed by atoms with E-state index in [1.807, 2.05) is 0 Å². The number of unbranched alkanes of at least 4 members (excludes halogenated alkanes) is 2. The number of rotatable bonds is 14. The van der Waals surface area contributed by atoms with Crippen molar-refractivity contribution in [3.05, 3.63) is 34.5 Å². The third kappa shape index (κ3) is 6.41. The lowest BCUT2D eigenvalue weighted by Crippen LogP contribution is -2.12. The van der Waals surface area contributed by atoms with Gasteiger partial charge in [-0.25, -0.2) is 0 Å². The largest absolute Gasteiger partial charge is 0.325 e. The van der Waals surface area contributed by atoms with Crippen LogP contribution in [-0.4, -0.2) is 15.4 Å². The zero-order valence-corrected chi connectivity index (χ0v) is 20.1. The van der Waals surface area contributed by atoms with Gasteiger partial charge in [0.2, 0.25) is 0 Å². The van der Waals surface area contributed by atoms with Crippen molar-refractivity contribution in [2.75, 3.05) is 0 Å². The summed E-state index contributed by atoms with van der Waals surface area (Å²) >= 11 is 0. The van der Waals surface area contributed by atoms with Crippen LogP contribution in [0.5, 0.6) is 0 Å². The molecule has 1 aromatic heterocycles. The molecule has 0 radical (unpaired) electrons. The summed E-state index contributed by atoms with van der Waals surface area (Å²) in [6.45, 7) is 11.9. The summed E-state index contributed by atoms with van der Waals surface area (Å²) in [7, 11) is 0. The van der Waals surface area contributed by atoms with Gasteiger partial charge in [-0.2, -0.15) is 15.4 Å². The van der Waals surface area contributed by atoms with Crippen LogP contribution < -0.4 is 5.73 Å². The van der Waals surface area contributed by atoms with E-state index in [-0.39, 0.29) is 0 Å². The summed E-state index contributed by atoms with van der Waals surface area (Å²) in [6, 6.07) is 4.67. The molecule has 0 amide bonds. The van der Waals surface area contributed by atoms with Gasteiger partial charge < -0.3 is 5.73 Å². The molecular formula is C26H44N4. The second kappa shape index (κ2) is 12.9. The van der Waals surface area contributed by atoms with Gasteiger partial charge >= 0.3 is 0 Å². The van der Waals surface area contributed by atoms with E-state index in [4.69, 9.17) is 5.73 Å². The molecule has 0 fully saturated rings. The molecule has 2 rings (SSSR count). The average Bonchev–Trinajstić information content (AvgIpc) is 3.23. The van der Waals surface area contributed by atoms with E-state index in [9.17, 15) is 0 Å². The van der Waals surface area contributed by atoms with Crippen molar-refractivity contribution >= 4 is 0 Å². The van der Waals surface area contributed by atoms with Gasteiger partial charge in [0.05, 0.1) is 0 Å². The first kappa shape index (κ1) is 24.6. The fourth-order valence-electron chi connectivity index (χ4n) is 4.64. The van der Waals surface area contributed by atoms with E-state index >= 15 is 0 Å². The van der Waals surface area contributed by atoms with Crippen LogP contribution in [0.3, 0.4) is 0 Å². The molecule has 0 spiro atoms. The fourth-order valence-corrected chi connectivity index (χ4v) is 4.64. The molecule has 0 bridgehead atoms. The van der Waals surface area contributed by atoms with Crippen molar-refractivity contribution in [3.8, 4) is 11.3 Å². The van der Waals surface area contributed by atoms with Gasteiger partial charge in [0, 0.05) is 12.1 Å². The lowest BCUT2D eigenvalue weighted by molar-refractivity contribution is 0.434. The summed E-state index contributed by atoms with van der Waals surface area (Å²) in [5.74, 6) is 1.47.